The Kier molecular flexibility index (Phi) is 6.87. The van der Waals surface area contributed by atoms with Crippen LogP contribution in [-0.4, -0.2) is 46.4 Å². The molecule has 1 amide bonds. The Hall–Kier alpha value is -2.84. The molecule has 0 radical (unpaired) electrons. The Balaban J connectivity index is 1.12. The molecule has 1 aliphatic heterocycles. The third-order valence-electron chi connectivity index (χ3n) is 6.39. The highest BCUT2D eigenvalue weighted by Crippen LogP contribution is 2.29. The summed E-state index contributed by atoms with van der Waals surface area (Å²) >= 11 is 3.35. The van der Waals surface area contributed by atoms with Gasteiger partial charge in [0.1, 0.15) is 0 Å². The largest absolute Gasteiger partial charge is 0.356 e. The Bertz CT molecular complexity index is 1220. The maximum atomic E-state index is 12.7. The summed E-state index contributed by atoms with van der Waals surface area (Å²) in [6.45, 7) is 4.46. The van der Waals surface area contributed by atoms with Crippen molar-refractivity contribution in [2.75, 3.05) is 30.8 Å². The predicted octanol–water partition coefficient (Wildman–Crippen LogP) is 5.06. The average Bonchev–Trinajstić information content (AvgIpc) is 3.45. The zero-order chi connectivity index (χ0) is 23.5. The molecule has 1 saturated heterocycles. The number of nitrogens with one attached hydrogen (secondary N) is 1. The van der Waals surface area contributed by atoms with E-state index in [4.69, 9.17) is 10.1 Å². The van der Waals surface area contributed by atoms with E-state index in [0.29, 0.717) is 6.54 Å². The molecule has 0 aliphatic carbocycles. The summed E-state index contributed by atoms with van der Waals surface area (Å²) in [5, 5.41) is 8.88. The van der Waals surface area contributed by atoms with E-state index in [2.05, 4.69) is 71.9 Å². The van der Waals surface area contributed by atoms with E-state index in [1.807, 2.05) is 10.7 Å². The Morgan fingerprint density at radius 1 is 1.12 bits per heavy atom. The van der Waals surface area contributed by atoms with Crippen LogP contribution in [0.1, 0.15) is 24.0 Å². The number of aromatic nitrogens is 3. The fraction of sp³-hybridized carbons (Fsp3) is 0.346. The zero-order valence-electron chi connectivity index (χ0n) is 19.5. The van der Waals surface area contributed by atoms with E-state index in [9.17, 15) is 4.79 Å². The van der Waals surface area contributed by atoms with Crippen LogP contribution in [0.15, 0.2) is 59.6 Å². The van der Waals surface area contributed by atoms with E-state index in [0.717, 1.165) is 53.7 Å². The van der Waals surface area contributed by atoms with Gasteiger partial charge in [0.15, 0.2) is 0 Å². The molecule has 0 spiro atoms. The van der Waals surface area contributed by atoms with Crippen molar-refractivity contribution in [1.29, 1.82) is 0 Å². The molecule has 8 heteroatoms. The van der Waals surface area contributed by atoms with Gasteiger partial charge in [-0.3, -0.25) is 4.79 Å². The third-order valence-corrected chi connectivity index (χ3v) is 8.11. The summed E-state index contributed by atoms with van der Waals surface area (Å²) in [5.41, 5.74) is 4.55. The van der Waals surface area contributed by atoms with Crippen LogP contribution >= 0.6 is 23.1 Å². The van der Waals surface area contributed by atoms with Crippen molar-refractivity contribution in [3.63, 3.8) is 0 Å². The van der Waals surface area contributed by atoms with Crippen molar-refractivity contribution in [3.05, 3.63) is 65.9 Å². The van der Waals surface area contributed by atoms with E-state index in [1.165, 1.54) is 16.0 Å². The number of rotatable bonds is 7. The smallest absolute Gasteiger partial charge is 0.223 e. The van der Waals surface area contributed by atoms with Gasteiger partial charge in [0.2, 0.25) is 16.0 Å². The molecular weight excluding hydrogens is 462 g/mol. The number of carbonyl (C=O) groups excluding carboxylic acids is 1. The first-order valence-corrected chi connectivity index (χ1v) is 13.7. The molecule has 5 rings (SSSR count). The number of hydrogen-bond donors (Lipinski definition) is 1. The topological polar surface area (TPSA) is 62.5 Å². The van der Waals surface area contributed by atoms with Crippen LogP contribution < -0.4 is 10.2 Å². The van der Waals surface area contributed by atoms with Crippen LogP contribution in [0.3, 0.4) is 0 Å². The molecule has 3 heterocycles. The number of benzene rings is 2. The van der Waals surface area contributed by atoms with Gasteiger partial charge >= 0.3 is 0 Å². The van der Waals surface area contributed by atoms with Crippen molar-refractivity contribution in [3.8, 4) is 11.3 Å². The molecule has 1 N–H and O–H groups in total. The molecule has 2 aromatic carbocycles. The number of aryl methyl sites for hydroxylation is 1. The molecule has 0 unspecified atom stereocenters. The van der Waals surface area contributed by atoms with Crippen LogP contribution in [-0.2, 0) is 11.2 Å². The summed E-state index contributed by atoms with van der Waals surface area (Å²) in [4.78, 5) is 21.9. The van der Waals surface area contributed by atoms with Crippen LogP contribution in [0.2, 0.25) is 0 Å². The zero-order valence-corrected chi connectivity index (χ0v) is 21.2. The standard InChI is InChI=1S/C26H29N5OS2/c1-18-3-7-20(8-4-18)23-17-31-25(28-23)34-26(29-31)30-15-12-21(13-16-30)24(32)27-14-11-19-5-9-22(33-2)10-6-19/h3-10,17,21H,11-16H2,1-2H3,(H,27,32). The highest BCUT2D eigenvalue weighted by molar-refractivity contribution is 7.98. The average molecular weight is 492 g/mol. The molecule has 6 nitrogen and oxygen atoms in total. The summed E-state index contributed by atoms with van der Waals surface area (Å²) < 4.78 is 1.87. The van der Waals surface area contributed by atoms with Crippen molar-refractivity contribution in [2.24, 2.45) is 5.92 Å². The summed E-state index contributed by atoms with van der Waals surface area (Å²) in [6.07, 6.45) is 6.64. The first-order chi connectivity index (χ1) is 16.6. The van der Waals surface area contributed by atoms with Gasteiger partial charge in [0.25, 0.3) is 0 Å². The Labute approximate surface area is 208 Å². The molecule has 0 saturated carbocycles. The minimum atomic E-state index is 0.0762. The van der Waals surface area contributed by atoms with Crippen molar-refractivity contribution in [2.45, 2.75) is 31.1 Å². The number of nitrogens with zero attached hydrogens (tertiary/aromatic N) is 4. The minimum absolute atomic E-state index is 0.0762. The first kappa shape index (κ1) is 22.9. The number of carbonyl (C=O) groups is 1. The number of fused-ring (bicyclic) bond motifs is 1. The second-order valence-corrected chi connectivity index (χ2v) is 10.6. The van der Waals surface area contributed by atoms with E-state index in [-0.39, 0.29) is 11.8 Å². The highest BCUT2D eigenvalue weighted by atomic mass is 32.2. The van der Waals surface area contributed by atoms with Gasteiger partial charge in [-0.2, -0.15) is 0 Å². The third kappa shape index (κ3) is 5.13. The van der Waals surface area contributed by atoms with Crippen molar-refractivity contribution >= 4 is 39.1 Å². The normalized spacial score (nSPS) is 14.6. The van der Waals surface area contributed by atoms with E-state index in [1.54, 1.807) is 23.1 Å². The lowest BCUT2D eigenvalue weighted by Crippen LogP contribution is -2.41. The molecule has 1 fully saturated rings. The van der Waals surface area contributed by atoms with Gasteiger partial charge < -0.3 is 10.2 Å². The van der Waals surface area contributed by atoms with Gasteiger partial charge in [0.05, 0.1) is 11.9 Å². The van der Waals surface area contributed by atoms with Gasteiger partial charge in [0, 0.05) is 36.0 Å². The van der Waals surface area contributed by atoms with Crippen LogP contribution in [0.5, 0.6) is 0 Å². The number of anilines is 1. The van der Waals surface area contributed by atoms with Crippen molar-refractivity contribution < 1.29 is 4.79 Å². The van der Waals surface area contributed by atoms with Gasteiger partial charge in [-0.25, -0.2) is 9.50 Å². The van der Waals surface area contributed by atoms with Crippen LogP contribution in [0, 0.1) is 12.8 Å². The van der Waals surface area contributed by atoms with Gasteiger partial charge in [-0.1, -0.05) is 53.3 Å². The highest BCUT2D eigenvalue weighted by Gasteiger charge is 2.26. The molecule has 0 bridgehead atoms. The number of amides is 1. The van der Waals surface area contributed by atoms with Crippen molar-refractivity contribution in [1.82, 2.24) is 19.9 Å². The number of imidazole rings is 1. The quantitative estimate of drug-likeness (QED) is 0.366. The maximum Gasteiger partial charge on any atom is 0.223 e. The van der Waals surface area contributed by atoms with Gasteiger partial charge in [-0.05, 0) is 50.1 Å². The van der Waals surface area contributed by atoms with E-state index < -0.39 is 0 Å². The number of hydrogen-bond acceptors (Lipinski definition) is 6. The number of thioether (sulfide) groups is 1. The minimum Gasteiger partial charge on any atom is -0.356 e. The summed E-state index contributed by atoms with van der Waals surface area (Å²) in [5.74, 6) is 0.254. The number of piperidine rings is 1. The van der Waals surface area contributed by atoms with Crippen LogP contribution in [0.25, 0.3) is 16.2 Å². The Morgan fingerprint density at radius 2 is 1.85 bits per heavy atom. The Morgan fingerprint density at radius 3 is 2.53 bits per heavy atom. The second-order valence-electron chi connectivity index (χ2n) is 8.75. The monoisotopic (exact) mass is 491 g/mol. The molecule has 1 aliphatic rings. The molecule has 34 heavy (non-hydrogen) atoms. The molecule has 2 aromatic heterocycles. The predicted molar refractivity (Wildman–Crippen MR) is 141 cm³/mol. The molecule has 176 valence electrons. The van der Waals surface area contributed by atoms with E-state index >= 15 is 0 Å². The summed E-state index contributed by atoms with van der Waals surface area (Å²) in [6, 6.07) is 17.0. The summed E-state index contributed by atoms with van der Waals surface area (Å²) in [7, 11) is 0. The maximum absolute atomic E-state index is 12.7. The lowest BCUT2D eigenvalue weighted by molar-refractivity contribution is -0.125. The lowest BCUT2D eigenvalue weighted by Gasteiger charge is -2.30. The fourth-order valence-electron chi connectivity index (χ4n) is 4.28. The molecular formula is C26H29N5OS2. The SMILES string of the molecule is CSc1ccc(CCNC(=O)C2CCN(c3nn4cc(-c5ccc(C)cc5)nc4s3)CC2)cc1. The van der Waals surface area contributed by atoms with Crippen LogP contribution in [0.4, 0.5) is 5.13 Å². The fourth-order valence-corrected chi connectivity index (χ4v) is 5.62. The van der Waals surface area contributed by atoms with Gasteiger partial charge in [-0.15, -0.1) is 16.9 Å². The molecule has 4 aromatic rings. The first-order valence-electron chi connectivity index (χ1n) is 11.7. The second kappa shape index (κ2) is 10.2. The molecule has 0 atom stereocenters. The lowest BCUT2D eigenvalue weighted by atomic mass is 9.96.